The zero-order valence-electron chi connectivity index (χ0n) is 12.3. The molecular formula is C15H24N2O3. The van der Waals surface area contributed by atoms with Crippen LogP contribution in [0, 0.1) is 0 Å². The van der Waals surface area contributed by atoms with Gasteiger partial charge in [-0.15, -0.1) is 0 Å². The fraction of sp³-hybridized carbons (Fsp3) is 0.533. The van der Waals surface area contributed by atoms with E-state index < -0.39 is 0 Å². The minimum atomic E-state index is -0.0172. The molecule has 0 aliphatic carbocycles. The van der Waals surface area contributed by atoms with Crippen molar-refractivity contribution in [1.29, 1.82) is 0 Å². The summed E-state index contributed by atoms with van der Waals surface area (Å²) in [6, 6.07) is 7.45. The Bertz CT molecular complexity index is 396. The number of hydrogen-bond donors (Lipinski definition) is 2. The Morgan fingerprint density at radius 2 is 2.05 bits per heavy atom. The Kier molecular flexibility index (Phi) is 8.42. The van der Waals surface area contributed by atoms with Gasteiger partial charge in [-0.3, -0.25) is 4.79 Å². The first-order valence-electron chi connectivity index (χ1n) is 6.99. The van der Waals surface area contributed by atoms with E-state index in [0.29, 0.717) is 25.3 Å². The van der Waals surface area contributed by atoms with Gasteiger partial charge in [0.05, 0.1) is 12.3 Å². The molecule has 0 radical (unpaired) electrons. The molecule has 0 bridgehead atoms. The Balaban J connectivity index is 2.28. The molecule has 0 saturated carbocycles. The number of methoxy groups -OCH3 is 1. The molecule has 5 heteroatoms. The summed E-state index contributed by atoms with van der Waals surface area (Å²) in [7, 11) is 1.68. The minimum Gasteiger partial charge on any atom is -0.492 e. The van der Waals surface area contributed by atoms with E-state index in [-0.39, 0.29) is 5.91 Å². The highest BCUT2D eigenvalue weighted by Crippen LogP contribution is 2.23. The van der Waals surface area contributed by atoms with Gasteiger partial charge in [-0.2, -0.15) is 0 Å². The van der Waals surface area contributed by atoms with Crippen LogP contribution < -0.4 is 15.4 Å². The maximum atomic E-state index is 11.8. The Morgan fingerprint density at radius 1 is 1.25 bits per heavy atom. The molecule has 0 aliphatic heterocycles. The van der Waals surface area contributed by atoms with Crippen LogP contribution in [0.4, 0.5) is 5.69 Å². The maximum Gasteiger partial charge on any atom is 0.225 e. The molecule has 5 nitrogen and oxygen atoms in total. The molecule has 0 aliphatic rings. The highest BCUT2D eigenvalue weighted by molar-refractivity contribution is 5.92. The molecule has 0 saturated heterocycles. The predicted molar refractivity (Wildman–Crippen MR) is 80.2 cm³/mol. The fourth-order valence-electron chi connectivity index (χ4n) is 1.73. The average molecular weight is 280 g/mol. The van der Waals surface area contributed by atoms with Gasteiger partial charge in [0.1, 0.15) is 5.75 Å². The van der Waals surface area contributed by atoms with Crippen molar-refractivity contribution < 1.29 is 14.3 Å². The van der Waals surface area contributed by atoms with Crippen molar-refractivity contribution in [3.8, 4) is 5.75 Å². The van der Waals surface area contributed by atoms with Gasteiger partial charge in [-0.05, 0) is 32.0 Å². The molecular weight excluding hydrogens is 256 g/mol. The number of ether oxygens (including phenoxy) is 2. The summed E-state index contributed by atoms with van der Waals surface area (Å²) in [5.41, 5.74) is 0.721. The largest absolute Gasteiger partial charge is 0.492 e. The number of benzene rings is 1. The zero-order valence-corrected chi connectivity index (χ0v) is 12.3. The van der Waals surface area contributed by atoms with E-state index in [4.69, 9.17) is 9.47 Å². The van der Waals surface area contributed by atoms with Gasteiger partial charge in [-0.25, -0.2) is 0 Å². The monoisotopic (exact) mass is 280 g/mol. The van der Waals surface area contributed by atoms with Crippen molar-refractivity contribution in [3.63, 3.8) is 0 Å². The molecule has 0 fully saturated rings. The van der Waals surface area contributed by atoms with E-state index in [0.717, 1.165) is 25.3 Å². The van der Waals surface area contributed by atoms with E-state index in [1.165, 1.54) is 0 Å². The molecule has 1 amide bonds. The number of rotatable bonds is 10. The minimum absolute atomic E-state index is 0.0172. The molecule has 0 heterocycles. The second-order valence-electron chi connectivity index (χ2n) is 4.32. The number of anilines is 1. The predicted octanol–water partition coefficient (Wildman–Crippen LogP) is 2.04. The number of para-hydroxylation sites is 2. The van der Waals surface area contributed by atoms with E-state index in [9.17, 15) is 4.79 Å². The van der Waals surface area contributed by atoms with Gasteiger partial charge in [0, 0.05) is 26.7 Å². The van der Waals surface area contributed by atoms with Crippen LogP contribution in [0.25, 0.3) is 0 Å². The number of carbonyl (C=O) groups excluding carboxylic acids is 1. The SMILES string of the molecule is CCOc1ccccc1NC(=O)CCNCCCOC. The van der Waals surface area contributed by atoms with Crippen molar-refractivity contribution in [2.75, 3.05) is 38.7 Å². The third kappa shape index (κ3) is 6.54. The Hall–Kier alpha value is -1.59. The van der Waals surface area contributed by atoms with Gasteiger partial charge in [-0.1, -0.05) is 12.1 Å². The lowest BCUT2D eigenvalue weighted by atomic mass is 10.2. The quantitative estimate of drug-likeness (QED) is 0.644. The van der Waals surface area contributed by atoms with Crippen molar-refractivity contribution in [3.05, 3.63) is 24.3 Å². The smallest absolute Gasteiger partial charge is 0.225 e. The van der Waals surface area contributed by atoms with Gasteiger partial charge in [0.2, 0.25) is 5.91 Å². The first-order valence-corrected chi connectivity index (χ1v) is 6.99. The molecule has 1 rings (SSSR count). The molecule has 0 atom stereocenters. The summed E-state index contributed by atoms with van der Waals surface area (Å²) in [4.78, 5) is 11.8. The van der Waals surface area contributed by atoms with Crippen LogP contribution in [0.15, 0.2) is 24.3 Å². The normalized spacial score (nSPS) is 10.3. The van der Waals surface area contributed by atoms with Crippen molar-refractivity contribution in [2.45, 2.75) is 19.8 Å². The Labute approximate surface area is 120 Å². The van der Waals surface area contributed by atoms with Crippen LogP contribution in [0.2, 0.25) is 0 Å². The highest BCUT2D eigenvalue weighted by atomic mass is 16.5. The summed E-state index contributed by atoms with van der Waals surface area (Å²) in [6.45, 7) is 4.75. The van der Waals surface area contributed by atoms with Gasteiger partial charge in [0.25, 0.3) is 0 Å². The summed E-state index contributed by atoms with van der Waals surface area (Å²) in [6.07, 6.45) is 1.39. The molecule has 0 aromatic heterocycles. The van der Waals surface area contributed by atoms with E-state index >= 15 is 0 Å². The van der Waals surface area contributed by atoms with Gasteiger partial charge < -0.3 is 20.1 Å². The van der Waals surface area contributed by atoms with Crippen LogP contribution in [0.5, 0.6) is 5.75 Å². The molecule has 112 valence electrons. The van der Waals surface area contributed by atoms with Crippen LogP contribution in [0.3, 0.4) is 0 Å². The fourth-order valence-corrected chi connectivity index (χ4v) is 1.73. The van der Waals surface area contributed by atoms with Gasteiger partial charge >= 0.3 is 0 Å². The van der Waals surface area contributed by atoms with Crippen molar-refractivity contribution in [1.82, 2.24) is 5.32 Å². The van der Waals surface area contributed by atoms with Crippen LogP contribution in [-0.4, -0.2) is 39.3 Å². The first kappa shape index (κ1) is 16.5. The lowest BCUT2D eigenvalue weighted by molar-refractivity contribution is -0.116. The molecule has 2 N–H and O–H groups in total. The number of amides is 1. The molecule has 0 unspecified atom stereocenters. The summed E-state index contributed by atoms with van der Waals surface area (Å²) >= 11 is 0. The third-order valence-electron chi connectivity index (χ3n) is 2.69. The maximum absolute atomic E-state index is 11.8. The van der Waals surface area contributed by atoms with Gasteiger partial charge in [0.15, 0.2) is 0 Å². The van der Waals surface area contributed by atoms with Crippen LogP contribution in [-0.2, 0) is 9.53 Å². The summed E-state index contributed by atoms with van der Waals surface area (Å²) in [5, 5.41) is 6.07. The number of nitrogens with one attached hydrogen (secondary N) is 2. The summed E-state index contributed by atoms with van der Waals surface area (Å²) in [5.74, 6) is 0.688. The highest BCUT2D eigenvalue weighted by Gasteiger charge is 2.06. The third-order valence-corrected chi connectivity index (χ3v) is 2.69. The molecule has 0 spiro atoms. The number of carbonyl (C=O) groups is 1. The molecule has 20 heavy (non-hydrogen) atoms. The molecule has 1 aromatic rings. The standard InChI is InChI=1S/C15H24N2O3/c1-3-20-14-8-5-4-7-13(14)17-15(18)9-11-16-10-6-12-19-2/h4-5,7-8,16H,3,6,9-12H2,1-2H3,(H,17,18). The van der Waals surface area contributed by atoms with E-state index in [1.54, 1.807) is 7.11 Å². The van der Waals surface area contributed by atoms with Crippen LogP contribution >= 0.6 is 0 Å². The zero-order chi connectivity index (χ0) is 14.6. The van der Waals surface area contributed by atoms with Crippen LogP contribution in [0.1, 0.15) is 19.8 Å². The second-order valence-corrected chi connectivity index (χ2v) is 4.32. The molecule has 1 aromatic carbocycles. The van der Waals surface area contributed by atoms with Crippen molar-refractivity contribution >= 4 is 11.6 Å². The Morgan fingerprint density at radius 3 is 2.80 bits per heavy atom. The lowest BCUT2D eigenvalue weighted by Gasteiger charge is -2.11. The number of hydrogen-bond acceptors (Lipinski definition) is 4. The second kappa shape index (κ2) is 10.2. The summed E-state index contributed by atoms with van der Waals surface area (Å²) < 4.78 is 10.4. The van der Waals surface area contributed by atoms with E-state index in [1.807, 2.05) is 31.2 Å². The topological polar surface area (TPSA) is 59.6 Å². The lowest BCUT2D eigenvalue weighted by Crippen LogP contribution is -2.23. The van der Waals surface area contributed by atoms with E-state index in [2.05, 4.69) is 10.6 Å². The first-order chi connectivity index (χ1) is 9.77. The van der Waals surface area contributed by atoms with Crippen molar-refractivity contribution in [2.24, 2.45) is 0 Å². The average Bonchev–Trinajstić information content (AvgIpc) is 2.45.